The predicted molar refractivity (Wildman–Crippen MR) is 147 cm³/mol. The summed E-state index contributed by atoms with van der Waals surface area (Å²) in [5.74, 6) is 1.23. The molecule has 5 nitrogen and oxygen atoms in total. The zero-order chi connectivity index (χ0) is 28.6. The number of hydrogen-bond acceptors (Lipinski definition) is 3. The van der Waals surface area contributed by atoms with Crippen LogP contribution in [0.3, 0.4) is 0 Å². The van der Waals surface area contributed by atoms with Crippen molar-refractivity contribution in [3.8, 4) is 0 Å². The van der Waals surface area contributed by atoms with Gasteiger partial charge in [-0.1, -0.05) is 51.0 Å². The van der Waals surface area contributed by atoms with E-state index in [1.807, 2.05) is 11.8 Å². The zero-order valence-corrected chi connectivity index (χ0v) is 23.5. The van der Waals surface area contributed by atoms with Crippen LogP contribution in [0.15, 0.2) is 53.3 Å². The molecule has 0 spiro atoms. The number of amides is 1. The number of halogens is 3. The number of fused-ring (bicyclic) bond motifs is 1. The van der Waals surface area contributed by atoms with E-state index in [2.05, 4.69) is 29.5 Å². The fraction of sp³-hybridized carbons (Fsp3) is 0.516. The van der Waals surface area contributed by atoms with Crippen molar-refractivity contribution in [2.75, 3.05) is 13.1 Å². The second-order valence-electron chi connectivity index (χ2n) is 10.3. The van der Waals surface area contributed by atoms with Crippen molar-refractivity contribution in [3.63, 3.8) is 0 Å². The SMILES string of the molecule is CCCC/C=C(/C(C)=O)C1=C(C)CN(C(=O)c2cnc3n2CCCC3)CC1.CCc1cccc(C(F)(F)F)c1. The number of imidazole rings is 1. The highest BCUT2D eigenvalue weighted by Crippen LogP contribution is 2.30. The van der Waals surface area contributed by atoms with E-state index in [0.717, 1.165) is 80.1 Å². The van der Waals surface area contributed by atoms with Gasteiger partial charge in [0.2, 0.25) is 0 Å². The van der Waals surface area contributed by atoms with E-state index in [9.17, 15) is 22.8 Å². The van der Waals surface area contributed by atoms with Crippen molar-refractivity contribution in [2.24, 2.45) is 0 Å². The molecular weight excluding hydrogens is 503 g/mol. The van der Waals surface area contributed by atoms with Gasteiger partial charge in [-0.05, 0) is 68.7 Å². The van der Waals surface area contributed by atoms with Gasteiger partial charge in [0, 0.05) is 31.6 Å². The standard InChI is InChI=1S/C22H31N3O2.C9H9F3/c1-4-5-6-9-19(17(3)26)18-11-13-24(15-16(18)2)22(27)20-14-23-21-10-7-8-12-25(20)21;1-2-7-4-3-5-8(6-7)9(10,11)12/h9,14H,4-8,10-13,15H2,1-3H3;3-6H,2H2,1H3/b19-9-;. The number of aryl methyl sites for hydroxylation is 2. The van der Waals surface area contributed by atoms with Crippen LogP contribution in [-0.4, -0.2) is 39.2 Å². The summed E-state index contributed by atoms with van der Waals surface area (Å²) >= 11 is 0. The Morgan fingerprint density at radius 3 is 2.51 bits per heavy atom. The Kier molecular flexibility index (Phi) is 10.7. The number of carbonyl (C=O) groups is 2. The van der Waals surface area contributed by atoms with Crippen LogP contribution in [0.25, 0.3) is 0 Å². The molecular formula is C31H40F3N3O2. The smallest absolute Gasteiger partial charge is 0.333 e. The van der Waals surface area contributed by atoms with E-state index in [1.54, 1.807) is 19.2 Å². The van der Waals surface area contributed by atoms with Crippen molar-refractivity contribution in [1.29, 1.82) is 0 Å². The minimum absolute atomic E-state index is 0.0633. The normalized spacial score (nSPS) is 16.0. The van der Waals surface area contributed by atoms with Gasteiger partial charge in [-0.15, -0.1) is 0 Å². The molecule has 3 heterocycles. The molecule has 2 aliphatic heterocycles. The summed E-state index contributed by atoms with van der Waals surface area (Å²) in [4.78, 5) is 31.6. The lowest BCUT2D eigenvalue weighted by molar-refractivity contribution is -0.137. The van der Waals surface area contributed by atoms with Crippen LogP contribution in [0.1, 0.15) is 93.7 Å². The molecule has 1 amide bonds. The van der Waals surface area contributed by atoms with E-state index in [0.29, 0.717) is 30.8 Å². The van der Waals surface area contributed by atoms with Crippen LogP contribution in [-0.2, 0) is 30.4 Å². The van der Waals surface area contributed by atoms with Crippen LogP contribution < -0.4 is 0 Å². The van der Waals surface area contributed by atoms with Crippen molar-refractivity contribution < 1.29 is 22.8 Å². The molecule has 8 heteroatoms. The Morgan fingerprint density at radius 1 is 1.10 bits per heavy atom. The van der Waals surface area contributed by atoms with E-state index in [-0.39, 0.29) is 11.7 Å². The van der Waals surface area contributed by atoms with Gasteiger partial charge >= 0.3 is 6.18 Å². The predicted octanol–water partition coefficient (Wildman–Crippen LogP) is 7.36. The first kappa shape index (κ1) is 30.4. The fourth-order valence-electron chi connectivity index (χ4n) is 5.11. The molecule has 212 valence electrons. The first-order valence-corrected chi connectivity index (χ1v) is 14.0. The molecule has 0 saturated carbocycles. The monoisotopic (exact) mass is 543 g/mol. The maximum absolute atomic E-state index is 13.1. The summed E-state index contributed by atoms with van der Waals surface area (Å²) in [5, 5.41) is 0. The van der Waals surface area contributed by atoms with Crippen molar-refractivity contribution >= 4 is 11.7 Å². The van der Waals surface area contributed by atoms with Crippen molar-refractivity contribution in [2.45, 2.75) is 91.8 Å². The van der Waals surface area contributed by atoms with Gasteiger partial charge in [0.1, 0.15) is 11.5 Å². The average Bonchev–Trinajstić information content (AvgIpc) is 3.35. The summed E-state index contributed by atoms with van der Waals surface area (Å²) in [6, 6.07) is 5.38. The summed E-state index contributed by atoms with van der Waals surface area (Å²) in [6.07, 6.45) is 7.37. The molecule has 2 aromatic rings. The quantitative estimate of drug-likeness (QED) is 0.271. The maximum Gasteiger partial charge on any atom is 0.416 e. The number of hydrogen-bond donors (Lipinski definition) is 0. The van der Waals surface area contributed by atoms with Crippen LogP contribution in [0.4, 0.5) is 13.2 Å². The Morgan fingerprint density at radius 2 is 1.87 bits per heavy atom. The largest absolute Gasteiger partial charge is 0.416 e. The van der Waals surface area contributed by atoms with Gasteiger partial charge in [0.15, 0.2) is 5.78 Å². The maximum atomic E-state index is 13.1. The molecule has 0 atom stereocenters. The van der Waals surface area contributed by atoms with Crippen LogP contribution in [0.2, 0.25) is 0 Å². The van der Waals surface area contributed by atoms with E-state index >= 15 is 0 Å². The first-order chi connectivity index (χ1) is 18.6. The molecule has 0 bridgehead atoms. The van der Waals surface area contributed by atoms with Gasteiger partial charge in [0.25, 0.3) is 5.91 Å². The molecule has 4 rings (SSSR count). The van der Waals surface area contributed by atoms with E-state index in [4.69, 9.17) is 0 Å². The minimum Gasteiger partial charge on any atom is -0.333 e. The van der Waals surface area contributed by atoms with Crippen molar-refractivity contribution in [1.82, 2.24) is 14.5 Å². The van der Waals surface area contributed by atoms with E-state index < -0.39 is 11.7 Å². The van der Waals surface area contributed by atoms with Gasteiger partial charge in [-0.25, -0.2) is 4.98 Å². The third-order valence-corrected chi connectivity index (χ3v) is 7.32. The van der Waals surface area contributed by atoms with Gasteiger partial charge in [-0.3, -0.25) is 9.59 Å². The second-order valence-corrected chi connectivity index (χ2v) is 10.3. The molecule has 1 aromatic heterocycles. The summed E-state index contributed by atoms with van der Waals surface area (Å²) < 4.78 is 38.4. The lowest BCUT2D eigenvalue weighted by Gasteiger charge is -2.31. The number of Topliss-reactive ketones (excluding diaryl/α,β-unsaturated/α-hetero) is 1. The number of aromatic nitrogens is 2. The molecule has 0 aliphatic carbocycles. The summed E-state index contributed by atoms with van der Waals surface area (Å²) in [6.45, 7) is 9.82. The Balaban J connectivity index is 0.000000293. The molecule has 0 N–H and O–H groups in total. The van der Waals surface area contributed by atoms with Crippen LogP contribution in [0, 0.1) is 0 Å². The number of rotatable bonds is 7. The van der Waals surface area contributed by atoms with Crippen LogP contribution in [0.5, 0.6) is 0 Å². The number of unbranched alkanes of at least 4 members (excludes halogenated alkanes) is 2. The first-order valence-electron chi connectivity index (χ1n) is 14.0. The summed E-state index contributed by atoms with van der Waals surface area (Å²) in [7, 11) is 0. The third-order valence-electron chi connectivity index (χ3n) is 7.32. The van der Waals surface area contributed by atoms with E-state index in [1.165, 1.54) is 12.1 Å². The molecule has 1 aromatic carbocycles. The zero-order valence-electron chi connectivity index (χ0n) is 23.5. The molecule has 39 heavy (non-hydrogen) atoms. The van der Waals surface area contributed by atoms with Crippen LogP contribution >= 0.6 is 0 Å². The number of nitrogens with zero attached hydrogens (tertiary/aromatic N) is 3. The fourth-order valence-corrected chi connectivity index (χ4v) is 5.11. The number of ketones is 1. The Bertz CT molecular complexity index is 1220. The number of benzene rings is 1. The van der Waals surface area contributed by atoms with Gasteiger partial charge < -0.3 is 9.47 Å². The second kappa shape index (κ2) is 13.8. The number of alkyl halides is 3. The number of carbonyl (C=O) groups excluding carboxylic acids is 2. The van der Waals surface area contributed by atoms with Gasteiger partial charge in [0.05, 0.1) is 11.8 Å². The highest BCUT2D eigenvalue weighted by Gasteiger charge is 2.30. The lowest BCUT2D eigenvalue weighted by atomic mass is 9.91. The van der Waals surface area contributed by atoms with Crippen molar-refractivity contribution in [3.05, 3.63) is 75.9 Å². The minimum atomic E-state index is -4.22. The molecule has 0 fully saturated rings. The Labute approximate surface area is 229 Å². The number of allylic oxidation sites excluding steroid dienone is 2. The molecule has 0 saturated heterocycles. The highest BCUT2D eigenvalue weighted by atomic mass is 19.4. The average molecular weight is 544 g/mol. The highest BCUT2D eigenvalue weighted by molar-refractivity contribution is 5.98. The Hall–Kier alpha value is -3.16. The molecule has 2 aliphatic rings. The lowest BCUT2D eigenvalue weighted by Crippen LogP contribution is -2.38. The molecule has 0 unspecified atom stereocenters. The summed E-state index contributed by atoms with van der Waals surface area (Å²) in [5.41, 5.74) is 3.98. The molecule has 0 radical (unpaired) electrons. The third kappa shape index (κ3) is 7.93. The topological polar surface area (TPSA) is 55.2 Å². The van der Waals surface area contributed by atoms with Gasteiger partial charge in [-0.2, -0.15) is 13.2 Å².